The first-order chi connectivity index (χ1) is 33.5. The molecule has 0 aromatic carbocycles. The number of nitrogens with one attached hydrogen (secondary N) is 2. The van der Waals surface area contributed by atoms with E-state index in [0.717, 1.165) is 10.1 Å². The Kier molecular flexibility index (Phi) is 19.3. The minimum Gasteiger partial charge on any atom is -0.405 e. The van der Waals surface area contributed by atoms with Gasteiger partial charge in [-0.1, -0.05) is 23.2 Å². The average molecular weight is 1090 g/mol. The van der Waals surface area contributed by atoms with Gasteiger partial charge in [0.2, 0.25) is 0 Å². The summed E-state index contributed by atoms with van der Waals surface area (Å²) in [5.74, 6) is 5.42. The Balaban J connectivity index is 0.000000176. The molecule has 6 aromatic heterocycles. The highest BCUT2D eigenvalue weighted by Gasteiger charge is 2.63. The summed E-state index contributed by atoms with van der Waals surface area (Å²) >= 11 is 14.6. The summed E-state index contributed by atoms with van der Waals surface area (Å²) in [6.45, 7) is 29.8. The molecule has 3 aliphatic heterocycles. The molecule has 3 fully saturated rings. The third-order valence-electron chi connectivity index (χ3n) is 12.3. The normalized spacial score (nSPS) is 18.2. The lowest BCUT2D eigenvalue weighted by atomic mass is 9.49. The maximum absolute atomic E-state index is 6.07. The number of nitrogens with zero attached hydrogens (tertiary/aromatic N) is 9. The number of aryl methyl sites for hydroxylation is 3. The van der Waals surface area contributed by atoms with E-state index in [-0.39, 0.29) is 33.6 Å². The minimum atomic E-state index is -0.476. The molecule has 0 unspecified atom stereocenters. The third kappa shape index (κ3) is 16.3. The van der Waals surface area contributed by atoms with Crippen molar-refractivity contribution in [3.8, 4) is 0 Å². The molecule has 0 spiro atoms. The van der Waals surface area contributed by atoms with Crippen LogP contribution in [0.15, 0.2) is 96.4 Å². The van der Waals surface area contributed by atoms with E-state index >= 15 is 0 Å². The molecule has 72 heavy (non-hydrogen) atoms. The summed E-state index contributed by atoms with van der Waals surface area (Å²) in [7, 11) is -1.36. The second-order valence-electron chi connectivity index (χ2n) is 19.7. The van der Waals surface area contributed by atoms with Crippen LogP contribution in [0.4, 0.5) is 29.1 Å². The zero-order chi connectivity index (χ0) is 53.3. The highest BCUT2D eigenvalue weighted by atomic mass is 79.9. The highest BCUT2D eigenvalue weighted by Crippen LogP contribution is 2.43. The van der Waals surface area contributed by atoms with Crippen LogP contribution in [0.3, 0.4) is 0 Å². The Morgan fingerprint density at radius 2 is 0.806 bits per heavy atom. The molecule has 24 heteroatoms. The number of hydrogen-bond acceptors (Lipinski definition) is 18. The van der Waals surface area contributed by atoms with Gasteiger partial charge in [0.15, 0.2) is 0 Å². The van der Waals surface area contributed by atoms with Crippen molar-refractivity contribution in [1.29, 1.82) is 0 Å². The first-order valence-corrected chi connectivity index (χ1v) is 24.6. The number of anilines is 5. The fourth-order valence-corrected chi connectivity index (χ4v) is 7.10. The zero-order valence-electron chi connectivity index (χ0n) is 43.6. The van der Waals surface area contributed by atoms with Crippen LogP contribution < -0.4 is 21.8 Å². The Labute approximate surface area is 443 Å². The van der Waals surface area contributed by atoms with E-state index in [9.17, 15) is 0 Å². The van der Waals surface area contributed by atoms with Gasteiger partial charge in [-0.05, 0) is 180 Å². The molecule has 0 amide bonds. The number of aromatic nitrogens is 9. The van der Waals surface area contributed by atoms with Gasteiger partial charge in [-0.3, -0.25) is 0 Å². The van der Waals surface area contributed by atoms with Gasteiger partial charge in [-0.2, -0.15) is 0 Å². The summed E-state index contributed by atoms with van der Waals surface area (Å²) in [5.41, 5.74) is 4.07. The number of rotatable bonds is 6. The zero-order valence-corrected chi connectivity index (χ0v) is 46.7. The molecule has 9 rings (SSSR count). The van der Waals surface area contributed by atoms with Gasteiger partial charge in [0.05, 0.1) is 33.6 Å². The molecule has 382 valence electrons. The van der Waals surface area contributed by atoms with Gasteiger partial charge in [0, 0.05) is 47.2 Å². The van der Waals surface area contributed by atoms with Crippen molar-refractivity contribution in [2.24, 2.45) is 0 Å². The van der Waals surface area contributed by atoms with Gasteiger partial charge in [0.1, 0.15) is 51.2 Å². The van der Waals surface area contributed by atoms with Crippen LogP contribution >= 0.6 is 39.1 Å². The van der Waals surface area contributed by atoms with Crippen LogP contribution in [-0.4, -0.2) is 99.6 Å². The second-order valence-corrected chi connectivity index (χ2v) is 21.4. The van der Waals surface area contributed by atoms with Crippen molar-refractivity contribution >= 4 is 94.8 Å². The van der Waals surface area contributed by atoms with Crippen LogP contribution in [-0.2, 0) is 27.9 Å². The molecule has 3 saturated heterocycles. The van der Waals surface area contributed by atoms with Crippen LogP contribution in [0.2, 0.25) is 10.0 Å². The van der Waals surface area contributed by atoms with Crippen LogP contribution in [0.25, 0.3) is 0 Å². The van der Waals surface area contributed by atoms with E-state index in [1.165, 1.54) is 0 Å². The molecule has 0 saturated carbocycles. The van der Waals surface area contributed by atoms with Crippen molar-refractivity contribution < 1.29 is 27.9 Å². The van der Waals surface area contributed by atoms with E-state index in [0.29, 0.717) is 56.6 Å². The predicted octanol–water partition coefficient (Wildman–Crippen LogP) is 9.91. The molecule has 4 N–H and O–H groups in total. The first kappa shape index (κ1) is 58.0. The Morgan fingerprint density at radius 3 is 1.17 bits per heavy atom. The molecular weight excluding hydrogens is 1020 g/mol. The van der Waals surface area contributed by atoms with Gasteiger partial charge in [0.25, 0.3) is 0 Å². The standard InChI is InChI=1S/C16H21BN4O2.C12H24B2O4.C10H9ClN4.C5H3BrClN.C5H7N3/c1-11-18-9-7-13(20-11)21-14-10-12(6-8-19-14)17-22-15(2,3)16(4,5)23-17;1-9(2)10(3,4)16-13(15-9)14-17-11(5,6)12(7,8)18-14;1-7-12-5-3-9(14-7)15-10-6-8(11)2-4-13-10;6-5-3-4(7)1-2-8-5;1-4-7-3-2-5(6)8-4/h6-10H,1-5H3,(H,18,19,20,21);1-8H3;2-6H,1H3,(H,12,13,14,15);1-3H;2-3H,1H3,(H2,6,7,8). The Morgan fingerprint density at radius 1 is 0.444 bits per heavy atom. The monoisotopic (exact) mass is 1090 g/mol. The van der Waals surface area contributed by atoms with E-state index in [1.807, 2.05) is 109 Å². The fourth-order valence-electron chi connectivity index (χ4n) is 6.28. The molecule has 0 aliphatic carbocycles. The van der Waals surface area contributed by atoms with Crippen molar-refractivity contribution in [3.05, 3.63) is 124 Å². The lowest BCUT2D eigenvalue weighted by molar-refractivity contribution is 0.00578. The number of hydrogen-bond donors (Lipinski definition) is 3. The predicted molar refractivity (Wildman–Crippen MR) is 290 cm³/mol. The summed E-state index contributed by atoms with van der Waals surface area (Å²) in [6.07, 6.45) is 10.1. The molecule has 6 aromatic rings. The maximum Gasteiger partial charge on any atom is 0.495 e. The van der Waals surface area contributed by atoms with Crippen molar-refractivity contribution in [1.82, 2.24) is 44.9 Å². The molecule has 0 radical (unpaired) electrons. The van der Waals surface area contributed by atoms with E-state index < -0.39 is 21.1 Å². The molecule has 9 heterocycles. The molecule has 0 bridgehead atoms. The average Bonchev–Trinajstić information content (AvgIpc) is 3.74. The van der Waals surface area contributed by atoms with Crippen molar-refractivity contribution in [2.75, 3.05) is 16.4 Å². The summed E-state index contributed by atoms with van der Waals surface area (Å²) < 4.78 is 36.8. The van der Waals surface area contributed by atoms with E-state index in [4.69, 9.17) is 56.9 Å². The Bertz CT molecular complexity index is 2550. The minimum absolute atomic E-state index is 0.360. The van der Waals surface area contributed by atoms with Crippen molar-refractivity contribution in [3.63, 3.8) is 0 Å². The maximum atomic E-state index is 6.07. The van der Waals surface area contributed by atoms with E-state index in [1.54, 1.807) is 86.6 Å². The number of nitrogen functional groups attached to an aromatic ring is 1. The lowest BCUT2D eigenvalue weighted by Gasteiger charge is -2.32. The number of pyridine rings is 3. The Hall–Kier alpha value is -4.90. The second kappa shape index (κ2) is 24.0. The molecule has 3 aliphatic rings. The van der Waals surface area contributed by atoms with E-state index in [2.05, 4.69) is 71.4 Å². The van der Waals surface area contributed by atoms with Gasteiger partial charge >= 0.3 is 21.1 Å². The lowest BCUT2D eigenvalue weighted by Crippen LogP contribution is -2.41. The molecular formula is C48H64B3BrCl2N12O6. The largest absolute Gasteiger partial charge is 0.495 e. The first-order valence-electron chi connectivity index (χ1n) is 23.1. The summed E-state index contributed by atoms with van der Waals surface area (Å²) in [4.78, 5) is 36.6. The molecule has 0 atom stereocenters. The quantitative estimate of drug-likeness (QED) is 0.104. The summed E-state index contributed by atoms with van der Waals surface area (Å²) in [5, 5.41) is 7.55. The van der Waals surface area contributed by atoms with Crippen LogP contribution in [0.5, 0.6) is 0 Å². The smallest absolute Gasteiger partial charge is 0.405 e. The van der Waals surface area contributed by atoms with Gasteiger partial charge in [-0.25, -0.2) is 44.9 Å². The molecule has 18 nitrogen and oxygen atoms in total. The fraction of sp³-hybridized carbons (Fsp3) is 0.438. The number of nitrogens with two attached hydrogens (primary N) is 1. The van der Waals surface area contributed by atoms with Gasteiger partial charge < -0.3 is 44.3 Å². The summed E-state index contributed by atoms with van der Waals surface area (Å²) in [6, 6.07) is 16.0. The van der Waals surface area contributed by atoms with Crippen LogP contribution in [0.1, 0.15) is 101 Å². The third-order valence-corrected chi connectivity index (χ3v) is 13.3. The van der Waals surface area contributed by atoms with Crippen LogP contribution in [0, 0.1) is 20.8 Å². The van der Waals surface area contributed by atoms with Crippen molar-refractivity contribution in [2.45, 2.75) is 137 Å². The topological polar surface area (TPSA) is 221 Å². The SMILES string of the molecule is CC1(C)OB(B2OC(C)(C)C(C)(C)O2)OC1(C)C.Cc1nccc(N)n1.Cc1nccc(Nc2cc(B3OC(C)(C)C(C)(C)O3)ccn2)n1.Cc1nccc(Nc2cc(Cl)ccn2)n1.Clc1ccnc(Br)c1. The highest BCUT2D eigenvalue weighted by molar-refractivity contribution is 9.10. The van der Waals surface area contributed by atoms with Gasteiger partial charge in [-0.15, -0.1) is 0 Å². The number of halogens is 3.